The molecule has 0 amide bonds. The summed E-state index contributed by atoms with van der Waals surface area (Å²) in [6.45, 7) is 23.3. The number of aromatic nitrogens is 12. The second kappa shape index (κ2) is 38.4. The van der Waals surface area contributed by atoms with Gasteiger partial charge >= 0.3 is 23.9 Å². The van der Waals surface area contributed by atoms with E-state index in [-0.39, 0.29) is 113 Å². The molecule has 32 nitrogen and oxygen atoms in total. The number of anilines is 8. The molecule has 0 radical (unpaired) electrons. The quantitative estimate of drug-likeness (QED) is 0.0235. The molecule has 10 aromatic rings. The predicted molar refractivity (Wildman–Crippen MR) is 402 cm³/mol. The van der Waals surface area contributed by atoms with Crippen molar-refractivity contribution in [3.05, 3.63) is 232 Å². The molecule has 0 saturated carbocycles. The van der Waals surface area contributed by atoms with Crippen LogP contribution < -0.4 is 43.5 Å². The molecule has 0 unspecified atom stereocenters. The van der Waals surface area contributed by atoms with E-state index < -0.39 is 75.4 Å². The molecule has 0 atom stereocenters. The lowest BCUT2D eigenvalue weighted by molar-refractivity contribution is 0.0355. The molecule has 108 heavy (non-hydrogen) atoms. The van der Waals surface area contributed by atoms with Crippen LogP contribution in [0.25, 0.3) is 10.8 Å². The Morgan fingerprint density at radius 2 is 0.769 bits per heavy atom. The third-order valence-electron chi connectivity index (χ3n) is 15.3. The van der Waals surface area contributed by atoms with Gasteiger partial charge in [-0.1, -0.05) is 54.6 Å². The van der Waals surface area contributed by atoms with Gasteiger partial charge in [-0.25, -0.2) is 37.9 Å². The van der Waals surface area contributed by atoms with Gasteiger partial charge in [0.25, 0.3) is 22.2 Å². The van der Waals surface area contributed by atoms with Crippen LogP contribution in [0.5, 0.6) is 0 Å². The fraction of sp³-hybridized carbons (Fsp3) is 0.289. The Bertz CT molecular complexity index is 5230. The van der Waals surface area contributed by atoms with Gasteiger partial charge in [0, 0.05) is 61.7 Å². The van der Waals surface area contributed by atoms with E-state index in [1.54, 1.807) is 130 Å². The zero-order chi connectivity index (χ0) is 79.1. The lowest BCUT2D eigenvalue weighted by atomic mass is 10.1. The topological polar surface area (TPSA) is 413 Å². The molecule has 0 aliphatic heterocycles. The monoisotopic (exact) mass is 1470 g/mol. The fourth-order valence-corrected chi connectivity index (χ4v) is 10.3. The molecular formula is C76H82N16O16. The van der Waals surface area contributed by atoms with Gasteiger partial charge in [0.1, 0.15) is 29.4 Å². The van der Waals surface area contributed by atoms with Gasteiger partial charge in [-0.15, -0.1) is 0 Å². The molecule has 10 rings (SSSR count). The first-order chi connectivity index (χ1) is 51.6. The highest BCUT2D eigenvalue weighted by atomic mass is 16.6. The first-order valence-corrected chi connectivity index (χ1v) is 34.1. The summed E-state index contributed by atoms with van der Waals surface area (Å²) in [7, 11) is 0. The van der Waals surface area contributed by atoms with Crippen LogP contribution >= 0.6 is 0 Å². The second-order valence-electron chi connectivity index (χ2n) is 23.9. The smallest absolute Gasteiger partial charge is 0.359 e. The summed E-state index contributed by atoms with van der Waals surface area (Å²) in [4.78, 5) is 166. The molecule has 8 heterocycles. The molecule has 8 aromatic heterocycles. The number of hydrogen-bond acceptors (Lipinski definition) is 28. The summed E-state index contributed by atoms with van der Waals surface area (Å²) in [6.07, 6.45) is 11.8. The van der Waals surface area contributed by atoms with Crippen LogP contribution in [0, 0.1) is 6.92 Å². The molecule has 0 bridgehead atoms. The van der Waals surface area contributed by atoms with Crippen molar-refractivity contribution in [1.82, 2.24) is 59.1 Å². The lowest BCUT2D eigenvalue weighted by Crippen LogP contribution is -2.31. The van der Waals surface area contributed by atoms with Crippen LogP contribution in [0.1, 0.15) is 185 Å². The van der Waals surface area contributed by atoms with Crippen LogP contribution in [-0.4, -0.2) is 125 Å². The van der Waals surface area contributed by atoms with E-state index in [1.165, 1.54) is 40.1 Å². The Hall–Kier alpha value is -13.4. The lowest BCUT2D eigenvalue weighted by Gasteiger charge is -2.16. The van der Waals surface area contributed by atoms with Gasteiger partial charge in [-0.3, -0.25) is 58.3 Å². The van der Waals surface area contributed by atoms with Gasteiger partial charge in [0.2, 0.25) is 0 Å². The van der Waals surface area contributed by atoms with Crippen LogP contribution in [0.15, 0.2) is 154 Å². The van der Waals surface area contributed by atoms with Gasteiger partial charge in [0.15, 0.2) is 45.9 Å². The number of esters is 4. The van der Waals surface area contributed by atoms with Crippen LogP contribution in [0.3, 0.4) is 0 Å². The Morgan fingerprint density at radius 1 is 0.398 bits per heavy atom. The van der Waals surface area contributed by atoms with Gasteiger partial charge < -0.3 is 40.2 Å². The average molecular weight is 1480 g/mol. The maximum Gasteiger partial charge on any atom is 0.359 e. The fourth-order valence-electron chi connectivity index (χ4n) is 10.3. The number of Topliss-reactive ketones (excluding diaryl/α,β-unsaturated/α-hetero) is 4. The number of pyridine rings is 4. The Kier molecular flexibility index (Phi) is 29.1. The second-order valence-corrected chi connectivity index (χ2v) is 23.9. The summed E-state index contributed by atoms with van der Waals surface area (Å²) < 4.78 is 25.2. The van der Waals surface area contributed by atoms with E-state index in [9.17, 15) is 57.5 Å². The highest BCUT2D eigenvalue weighted by molar-refractivity contribution is 6.11. The number of carbonyl (C=O) groups is 8. The number of nitrogens with zero attached hydrogens (tertiary/aromatic N) is 12. The molecule has 4 N–H and O–H groups in total. The summed E-state index contributed by atoms with van der Waals surface area (Å²) in [5.41, 5.74) is 0.487. The third kappa shape index (κ3) is 20.5. The van der Waals surface area contributed by atoms with Crippen molar-refractivity contribution >= 4 is 103 Å². The van der Waals surface area contributed by atoms with Crippen molar-refractivity contribution in [1.29, 1.82) is 0 Å². The Morgan fingerprint density at radius 3 is 1.15 bits per heavy atom. The number of hydrogen-bond donors (Lipinski definition) is 4. The largest absolute Gasteiger partial charge is 0.461 e. The molecule has 0 saturated heterocycles. The number of ketones is 4. The molecule has 562 valence electrons. The van der Waals surface area contributed by atoms with E-state index in [0.717, 1.165) is 40.6 Å². The van der Waals surface area contributed by atoms with Gasteiger partial charge in [0.05, 0.1) is 88.6 Å². The Labute approximate surface area is 618 Å². The van der Waals surface area contributed by atoms with Crippen molar-refractivity contribution in [2.75, 3.05) is 27.9 Å². The van der Waals surface area contributed by atoms with E-state index in [4.69, 9.17) is 18.9 Å². The average Bonchev–Trinajstić information content (AvgIpc) is 0.797. The number of nitrogens with one attached hydrogen (secondary N) is 4. The minimum atomic E-state index is -0.782. The third-order valence-corrected chi connectivity index (χ3v) is 15.3. The number of ether oxygens (including phenoxy) is 4. The summed E-state index contributed by atoms with van der Waals surface area (Å²) >= 11 is 0. The van der Waals surface area contributed by atoms with Crippen LogP contribution in [0.2, 0.25) is 0 Å². The number of aryl methyl sites for hydroxylation is 5. The zero-order valence-corrected chi connectivity index (χ0v) is 62.0. The number of rotatable bonds is 25. The predicted octanol–water partition coefficient (Wildman–Crippen LogP) is 10.5. The van der Waals surface area contributed by atoms with Crippen LogP contribution in [0.4, 0.5) is 45.5 Å². The number of carbonyl (C=O) groups excluding carboxylic acids is 8. The molecule has 2 aromatic carbocycles. The van der Waals surface area contributed by atoms with E-state index in [0.29, 0.717) is 22.7 Å². The maximum atomic E-state index is 13.0. The molecule has 0 spiro atoms. The Balaban J connectivity index is 0.000000201. The minimum Gasteiger partial charge on any atom is -0.461 e. The summed E-state index contributed by atoms with van der Waals surface area (Å²) in [5, 5.41) is 29.6. The highest BCUT2D eigenvalue weighted by Crippen LogP contribution is 2.29. The van der Waals surface area contributed by atoms with E-state index in [2.05, 4.69) is 61.6 Å². The van der Waals surface area contributed by atoms with Crippen LogP contribution in [-0.2, 0) is 51.7 Å². The molecule has 0 fully saturated rings. The van der Waals surface area contributed by atoms with Crippen molar-refractivity contribution < 1.29 is 57.3 Å². The molecule has 0 aliphatic carbocycles. The molecule has 0 aliphatic rings. The standard InChI is InChI=1S/C21H22N4O4.C21H20N4O4.2C17H20N4O4/c1-5-25-20(27)18(17(13(4)26)19(24-25)21(28)29-12(2)3)23-16-11-22-10-14-8-6-7-9-15(14)16;1-3-25-20(27)18(23-16-10-7-11-22-12-16)17(14(2)26)19(24-25)21(28)29-13-15-8-5-4-6-9-15;1-5-21-16(23)14(19-12-7-6-8-18-9-12)13(11(4)22)15(20-21)17(24)25-10(2)3;1-5-21-16(23)14(19-12-9-18-8-7-10(12)3)13(11(4)22)15(20-21)17(24)25-6-2/h6-12,23H,5H2,1-4H3;4-12,23H,3,13H2,1-2H3;6-10,19H,5H2,1-4H3;7-9,19H,5-6H2,1-4H3. The SMILES string of the molecule is CCOC(=O)c1nn(CC)c(=O)c(Nc2cnccc2C)c1C(C)=O.CCn1nc(C(=O)OC(C)C)c(C(C)=O)c(Nc2cccnc2)c1=O.CCn1nc(C(=O)OC(C)C)c(C(C)=O)c(Nc2cncc3ccccc23)c1=O.CCn1nc(C(=O)OCc2ccccc2)c(C(C)=O)c(Nc2cccnc2)c1=O. The maximum absolute atomic E-state index is 13.0. The normalized spacial score (nSPS) is 10.6. The number of fused-ring (bicyclic) bond motifs is 1. The highest BCUT2D eigenvalue weighted by Gasteiger charge is 2.31. The zero-order valence-electron chi connectivity index (χ0n) is 62.0. The minimum absolute atomic E-state index is 0.0106. The first kappa shape index (κ1) is 81.9. The van der Waals surface area contributed by atoms with Crippen molar-refractivity contribution in [3.63, 3.8) is 0 Å². The molecule has 32 heteroatoms. The van der Waals surface area contributed by atoms with Gasteiger partial charge in [-0.2, -0.15) is 20.4 Å². The van der Waals surface area contributed by atoms with Crippen molar-refractivity contribution in [3.8, 4) is 0 Å². The van der Waals surface area contributed by atoms with Gasteiger partial charge in [-0.05, 0) is 138 Å². The van der Waals surface area contributed by atoms with E-state index >= 15 is 0 Å². The summed E-state index contributed by atoms with van der Waals surface area (Å²) in [5.74, 6) is -4.91. The molecular weight excluding hydrogens is 1390 g/mol. The summed E-state index contributed by atoms with van der Waals surface area (Å²) in [6, 6.07) is 25.2. The first-order valence-electron chi connectivity index (χ1n) is 34.1. The number of benzene rings is 2. The van der Waals surface area contributed by atoms with E-state index in [1.807, 2.05) is 61.5 Å². The van der Waals surface area contributed by atoms with Crippen molar-refractivity contribution in [2.24, 2.45) is 0 Å². The van der Waals surface area contributed by atoms with Crippen molar-refractivity contribution in [2.45, 2.75) is 142 Å².